The SMILES string of the molecule is C=CN=C(N)c1cc(Oc2ccc(NC)c([N+](=O)[O-])c2)ccn1. The molecule has 8 nitrogen and oxygen atoms in total. The van der Waals surface area contributed by atoms with Gasteiger partial charge in [0.25, 0.3) is 5.69 Å². The Labute approximate surface area is 132 Å². The average molecular weight is 313 g/mol. The Morgan fingerprint density at radius 3 is 2.83 bits per heavy atom. The van der Waals surface area contributed by atoms with E-state index < -0.39 is 4.92 Å². The number of nitrogens with one attached hydrogen (secondary N) is 1. The fourth-order valence-corrected chi connectivity index (χ4v) is 1.85. The van der Waals surface area contributed by atoms with E-state index in [1.54, 1.807) is 31.3 Å². The van der Waals surface area contributed by atoms with Gasteiger partial charge in [-0.1, -0.05) is 6.58 Å². The lowest BCUT2D eigenvalue weighted by Crippen LogP contribution is -2.14. The molecule has 0 spiro atoms. The predicted molar refractivity (Wildman–Crippen MR) is 87.9 cm³/mol. The van der Waals surface area contributed by atoms with Crippen LogP contribution in [0.3, 0.4) is 0 Å². The first-order valence-corrected chi connectivity index (χ1v) is 6.59. The highest BCUT2D eigenvalue weighted by atomic mass is 16.6. The second kappa shape index (κ2) is 7.03. The van der Waals surface area contributed by atoms with Crippen molar-refractivity contribution in [3.05, 3.63) is 65.1 Å². The van der Waals surface area contributed by atoms with Crippen LogP contribution in [0.25, 0.3) is 0 Å². The normalized spacial score (nSPS) is 10.9. The molecule has 0 atom stereocenters. The number of hydrogen-bond donors (Lipinski definition) is 2. The van der Waals surface area contributed by atoms with Gasteiger partial charge in [-0.2, -0.15) is 0 Å². The Hall–Kier alpha value is -3.42. The van der Waals surface area contributed by atoms with Crippen molar-refractivity contribution in [2.45, 2.75) is 0 Å². The maximum Gasteiger partial charge on any atom is 0.296 e. The van der Waals surface area contributed by atoms with Crippen LogP contribution in [0.15, 0.2) is 54.3 Å². The van der Waals surface area contributed by atoms with Crippen LogP contribution in [0.2, 0.25) is 0 Å². The van der Waals surface area contributed by atoms with Crippen molar-refractivity contribution in [2.75, 3.05) is 12.4 Å². The molecule has 0 unspecified atom stereocenters. The minimum Gasteiger partial charge on any atom is -0.457 e. The number of ether oxygens (including phenoxy) is 1. The van der Waals surface area contributed by atoms with Gasteiger partial charge in [-0.25, -0.2) is 4.99 Å². The van der Waals surface area contributed by atoms with Crippen LogP contribution in [-0.2, 0) is 0 Å². The zero-order valence-corrected chi connectivity index (χ0v) is 12.4. The molecule has 118 valence electrons. The minimum absolute atomic E-state index is 0.0768. The van der Waals surface area contributed by atoms with Crippen molar-refractivity contribution in [2.24, 2.45) is 10.7 Å². The number of nitrogens with zero attached hydrogens (tertiary/aromatic N) is 3. The van der Waals surface area contributed by atoms with Gasteiger partial charge >= 0.3 is 0 Å². The third kappa shape index (κ3) is 3.82. The summed E-state index contributed by atoms with van der Waals surface area (Å²) in [5.74, 6) is 0.956. The van der Waals surface area contributed by atoms with E-state index in [9.17, 15) is 10.1 Å². The van der Waals surface area contributed by atoms with Crippen molar-refractivity contribution in [1.29, 1.82) is 0 Å². The van der Waals surface area contributed by atoms with Gasteiger partial charge < -0.3 is 15.8 Å². The van der Waals surface area contributed by atoms with E-state index in [4.69, 9.17) is 10.5 Å². The van der Waals surface area contributed by atoms with Crippen LogP contribution in [0, 0.1) is 10.1 Å². The quantitative estimate of drug-likeness (QED) is 0.366. The monoisotopic (exact) mass is 313 g/mol. The standard InChI is InChI=1S/C15H15N5O3/c1-3-18-15(16)13-8-11(6-7-19-13)23-10-4-5-12(17-2)14(9-10)20(21)22/h3-9,17H,1H2,2H3,(H2,16,18). The molecule has 0 aliphatic rings. The van der Waals surface area contributed by atoms with E-state index in [-0.39, 0.29) is 11.5 Å². The molecule has 2 aromatic rings. The number of benzene rings is 1. The first kappa shape index (κ1) is 16.0. The Bertz CT molecular complexity index is 773. The first-order chi connectivity index (χ1) is 11.0. The summed E-state index contributed by atoms with van der Waals surface area (Å²) >= 11 is 0. The maximum absolute atomic E-state index is 11.1. The summed E-state index contributed by atoms with van der Waals surface area (Å²) in [6.07, 6.45) is 2.82. The van der Waals surface area contributed by atoms with Crippen molar-refractivity contribution in [1.82, 2.24) is 4.98 Å². The van der Waals surface area contributed by atoms with Crippen LogP contribution in [0.1, 0.15) is 5.69 Å². The van der Waals surface area contributed by atoms with Gasteiger partial charge in [0.2, 0.25) is 0 Å². The van der Waals surface area contributed by atoms with Crippen molar-refractivity contribution in [3.8, 4) is 11.5 Å². The van der Waals surface area contributed by atoms with Crippen molar-refractivity contribution < 1.29 is 9.66 Å². The van der Waals surface area contributed by atoms with Crippen molar-refractivity contribution in [3.63, 3.8) is 0 Å². The molecule has 0 radical (unpaired) electrons. The molecule has 1 aromatic carbocycles. The smallest absolute Gasteiger partial charge is 0.296 e. The topological polar surface area (TPSA) is 116 Å². The molecular formula is C15H15N5O3. The largest absolute Gasteiger partial charge is 0.457 e. The van der Waals surface area contributed by atoms with Gasteiger partial charge in [0.15, 0.2) is 0 Å². The summed E-state index contributed by atoms with van der Waals surface area (Å²) in [6, 6.07) is 7.74. The molecule has 2 rings (SSSR count). The molecule has 0 saturated carbocycles. The summed E-state index contributed by atoms with van der Waals surface area (Å²) < 4.78 is 5.63. The number of pyridine rings is 1. The van der Waals surface area contributed by atoms with Crippen LogP contribution >= 0.6 is 0 Å². The Morgan fingerprint density at radius 2 is 2.17 bits per heavy atom. The second-order valence-corrected chi connectivity index (χ2v) is 4.36. The van der Waals surface area contributed by atoms with E-state index in [2.05, 4.69) is 21.9 Å². The molecule has 1 heterocycles. The van der Waals surface area contributed by atoms with E-state index in [0.29, 0.717) is 22.9 Å². The maximum atomic E-state index is 11.1. The number of aliphatic imine (C=N–C) groups is 1. The molecule has 0 aliphatic carbocycles. The number of hydrogen-bond acceptors (Lipinski definition) is 6. The fraction of sp³-hybridized carbons (Fsp3) is 0.0667. The number of amidine groups is 1. The van der Waals surface area contributed by atoms with Gasteiger partial charge in [-0.3, -0.25) is 15.1 Å². The summed E-state index contributed by atoms with van der Waals surface area (Å²) in [7, 11) is 1.61. The zero-order valence-electron chi connectivity index (χ0n) is 12.4. The van der Waals surface area contributed by atoms with Gasteiger partial charge in [0, 0.05) is 25.5 Å². The molecule has 0 saturated heterocycles. The molecule has 23 heavy (non-hydrogen) atoms. The predicted octanol–water partition coefficient (Wildman–Crippen LogP) is 2.67. The highest BCUT2D eigenvalue weighted by Gasteiger charge is 2.14. The lowest BCUT2D eigenvalue weighted by molar-refractivity contribution is -0.384. The zero-order chi connectivity index (χ0) is 16.8. The molecule has 8 heteroatoms. The van der Waals surface area contributed by atoms with Crippen molar-refractivity contribution >= 4 is 17.2 Å². The third-order valence-electron chi connectivity index (χ3n) is 2.90. The Morgan fingerprint density at radius 1 is 1.43 bits per heavy atom. The first-order valence-electron chi connectivity index (χ1n) is 6.59. The number of rotatable bonds is 6. The number of nitro benzene ring substituents is 1. The average Bonchev–Trinajstić information content (AvgIpc) is 2.55. The number of nitro groups is 1. The lowest BCUT2D eigenvalue weighted by Gasteiger charge is -2.08. The Kier molecular flexibility index (Phi) is 4.88. The molecule has 1 aromatic heterocycles. The van der Waals surface area contributed by atoms with Crippen LogP contribution in [0.4, 0.5) is 11.4 Å². The molecule has 0 bridgehead atoms. The van der Waals surface area contributed by atoms with Gasteiger partial charge in [-0.05, 0) is 18.2 Å². The number of aromatic nitrogens is 1. The fourth-order valence-electron chi connectivity index (χ4n) is 1.85. The van der Waals surface area contributed by atoms with Crippen LogP contribution in [-0.4, -0.2) is 22.8 Å². The number of anilines is 1. The van der Waals surface area contributed by atoms with Crippen LogP contribution < -0.4 is 15.8 Å². The summed E-state index contributed by atoms with van der Waals surface area (Å²) in [6.45, 7) is 3.46. The van der Waals surface area contributed by atoms with Gasteiger partial charge in [-0.15, -0.1) is 0 Å². The second-order valence-electron chi connectivity index (χ2n) is 4.36. The van der Waals surface area contributed by atoms with E-state index >= 15 is 0 Å². The lowest BCUT2D eigenvalue weighted by atomic mass is 10.2. The molecule has 0 aliphatic heterocycles. The highest BCUT2D eigenvalue weighted by molar-refractivity contribution is 5.96. The van der Waals surface area contributed by atoms with E-state index in [0.717, 1.165) is 0 Å². The third-order valence-corrected chi connectivity index (χ3v) is 2.90. The minimum atomic E-state index is -0.481. The highest BCUT2D eigenvalue weighted by Crippen LogP contribution is 2.31. The Balaban J connectivity index is 2.31. The molecule has 0 fully saturated rings. The summed E-state index contributed by atoms with van der Waals surface area (Å²) in [4.78, 5) is 18.5. The molecule has 0 amide bonds. The van der Waals surface area contributed by atoms with Gasteiger partial charge in [0.05, 0.1) is 11.0 Å². The van der Waals surface area contributed by atoms with E-state index in [1.807, 2.05) is 0 Å². The van der Waals surface area contributed by atoms with E-state index in [1.165, 1.54) is 18.5 Å². The summed E-state index contributed by atoms with van der Waals surface area (Å²) in [5, 5.41) is 13.8. The molecule has 3 N–H and O–H groups in total. The number of nitrogens with two attached hydrogens (primary N) is 1. The van der Waals surface area contributed by atoms with Crippen LogP contribution in [0.5, 0.6) is 11.5 Å². The summed E-state index contributed by atoms with van der Waals surface area (Å²) in [5.41, 5.74) is 6.48. The molecular weight excluding hydrogens is 298 g/mol. The van der Waals surface area contributed by atoms with Gasteiger partial charge in [0.1, 0.15) is 28.7 Å².